The van der Waals surface area contributed by atoms with Crippen LogP contribution >= 0.6 is 23.4 Å². The lowest BCUT2D eigenvalue weighted by Crippen LogP contribution is -2.09. The number of anilines is 2. The van der Waals surface area contributed by atoms with Gasteiger partial charge in [0.15, 0.2) is 0 Å². The van der Waals surface area contributed by atoms with Gasteiger partial charge in [0, 0.05) is 29.9 Å². The van der Waals surface area contributed by atoms with Gasteiger partial charge in [0.1, 0.15) is 11.0 Å². The molecule has 1 unspecified atom stereocenters. The molecule has 2 aromatic rings. The normalized spacial score (nSPS) is 12.1. The lowest BCUT2D eigenvalue weighted by molar-refractivity contribution is 0.218. The molecule has 0 aliphatic carbocycles. The third kappa shape index (κ3) is 5.05. The standard InChI is InChI=1S/C15H19ClN4OS/c1-10(18-14-9-13(16)19-15(17)20-14)11-3-5-12(6-4-11)22-8-7-21-2/h3-6,9-10H,7-8H2,1-2H3,(H3,17,18,19,20). The molecule has 1 aromatic carbocycles. The van der Waals surface area contributed by atoms with Gasteiger partial charge in [-0.2, -0.15) is 4.98 Å². The first kappa shape index (κ1) is 16.9. The summed E-state index contributed by atoms with van der Waals surface area (Å²) in [7, 11) is 1.71. The van der Waals surface area contributed by atoms with Gasteiger partial charge >= 0.3 is 0 Å². The number of benzene rings is 1. The number of halogens is 1. The van der Waals surface area contributed by atoms with E-state index in [1.165, 1.54) is 4.90 Å². The first-order valence-corrected chi connectivity index (χ1v) is 8.23. The first-order valence-electron chi connectivity index (χ1n) is 6.87. The van der Waals surface area contributed by atoms with Gasteiger partial charge in [-0.15, -0.1) is 11.8 Å². The molecule has 0 bridgehead atoms. The summed E-state index contributed by atoms with van der Waals surface area (Å²) in [5.41, 5.74) is 6.75. The van der Waals surface area contributed by atoms with Gasteiger partial charge in [0.25, 0.3) is 0 Å². The molecule has 3 N–H and O–H groups in total. The lowest BCUT2D eigenvalue weighted by Gasteiger charge is -2.15. The Morgan fingerprint density at radius 2 is 2.05 bits per heavy atom. The first-order chi connectivity index (χ1) is 10.6. The van der Waals surface area contributed by atoms with Gasteiger partial charge in [-0.05, 0) is 24.6 Å². The number of thioether (sulfide) groups is 1. The van der Waals surface area contributed by atoms with Crippen molar-refractivity contribution in [3.63, 3.8) is 0 Å². The van der Waals surface area contributed by atoms with E-state index in [-0.39, 0.29) is 12.0 Å². The molecule has 0 aliphatic rings. The van der Waals surface area contributed by atoms with E-state index in [9.17, 15) is 0 Å². The summed E-state index contributed by atoms with van der Waals surface area (Å²) in [6.07, 6.45) is 0. The van der Waals surface area contributed by atoms with E-state index < -0.39 is 0 Å². The minimum Gasteiger partial charge on any atom is -0.384 e. The number of nitrogens with one attached hydrogen (secondary N) is 1. The van der Waals surface area contributed by atoms with Crippen LogP contribution in [0.4, 0.5) is 11.8 Å². The van der Waals surface area contributed by atoms with Crippen LogP contribution in [-0.4, -0.2) is 29.4 Å². The molecule has 1 heterocycles. The SMILES string of the molecule is COCCSc1ccc(C(C)Nc2cc(Cl)nc(N)n2)cc1. The number of hydrogen-bond donors (Lipinski definition) is 2. The van der Waals surface area contributed by atoms with Crippen LogP contribution in [0.5, 0.6) is 0 Å². The van der Waals surface area contributed by atoms with Crippen molar-refractivity contribution in [2.24, 2.45) is 0 Å². The second-order valence-corrected chi connectivity index (χ2v) is 6.27. The molecule has 0 spiro atoms. The largest absolute Gasteiger partial charge is 0.384 e. The minimum atomic E-state index is 0.0865. The maximum Gasteiger partial charge on any atom is 0.223 e. The number of ether oxygens (including phenoxy) is 1. The van der Waals surface area contributed by atoms with Crippen molar-refractivity contribution in [3.8, 4) is 0 Å². The van der Waals surface area contributed by atoms with E-state index in [2.05, 4.69) is 46.5 Å². The number of aromatic nitrogens is 2. The molecule has 0 saturated carbocycles. The van der Waals surface area contributed by atoms with Crippen LogP contribution in [0.1, 0.15) is 18.5 Å². The summed E-state index contributed by atoms with van der Waals surface area (Å²) in [6.45, 7) is 2.81. The second kappa shape index (κ2) is 8.22. The number of nitrogens with two attached hydrogens (primary N) is 1. The second-order valence-electron chi connectivity index (χ2n) is 4.71. The van der Waals surface area contributed by atoms with Crippen LogP contribution in [0.2, 0.25) is 5.15 Å². The maximum atomic E-state index is 5.88. The van der Waals surface area contributed by atoms with Crippen LogP contribution in [-0.2, 0) is 4.74 Å². The topological polar surface area (TPSA) is 73.1 Å². The van der Waals surface area contributed by atoms with Crippen LogP contribution < -0.4 is 11.1 Å². The Morgan fingerprint density at radius 3 is 2.68 bits per heavy atom. The maximum absolute atomic E-state index is 5.88. The van der Waals surface area contributed by atoms with Crippen molar-refractivity contribution < 1.29 is 4.74 Å². The van der Waals surface area contributed by atoms with Crippen molar-refractivity contribution >= 4 is 35.1 Å². The molecule has 7 heteroatoms. The fourth-order valence-corrected chi connectivity index (χ4v) is 2.91. The highest BCUT2D eigenvalue weighted by atomic mass is 35.5. The molecule has 0 saturated heterocycles. The number of rotatable bonds is 7. The molecular weight excluding hydrogens is 320 g/mol. The van der Waals surface area contributed by atoms with Gasteiger partial charge in [0.2, 0.25) is 5.95 Å². The Hall–Kier alpha value is -1.50. The van der Waals surface area contributed by atoms with E-state index >= 15 is 0 Å². The third-order valence-corrected chi connectivity index (χ3v) is 4.18. The molecule has 1 aromatic heterocycles. The predicted molar refractivity (Wildman–Crippen MR) is 92.5 cm³/mol. The van der Waals surface area contributed by atoms with E-state index in [4.69, 9.17) is 22.1 Å². The number of hydrogen-bond acceptors (Lipinski definition) is 6. The molecular formula is C15H19ClN4OS. The van der Waals surface area contributed by atoms with Gasteiger partial charge in [0.05, 0.1) is 6.61 Å². The average Bonchev–Trinajstić information content (AvgIpc) is 2.47. The molecule has 2 rings (SSSR count). The van der Waals surface area contributed by atoms with Crippen molar-refractivity contribution in [2.45, 2.75) is 17.9 Å². The minimum absolute atomic E-state index is 0.0865. The molecule has 5 nitrogen and oxygen atoms in total. The zero-order chi connectivity index (χ0) is 15.9. The fraction of sp³-hybridized carbons (Fsp3) is 0.333. The zero-order valence-corrected chi connectivity index (χ0v) is 14.1. The van der Waals surface area contributed by atoms with Crippen molar-refractivity contribution in [1.29, 1.82) is 0 Å². The summed E-state index contributed by atoms with van der Waals surface area (Å²) in [5.74, 6) is 1.72. The Kier molecular flexibility index (Phi) is 6.30. The van der Waals surface area contributed by atoms with Crippen LogP contribution in [0.15, 0.2) is 35.2 Å². The summed E-state index contributed by atoms with van der Waals surface area (Å²) in [4.78, 5) is 9.18. The third-order valence-electron chi connectivity index (χ3n) is 3.01. The van der Waals surface area contributed by atoms with Gasteiger partial charge in [-0.1, -0.05) is 23.7 Å². The van der Waals surface area contributed by atoms with Crippen LogP contribution in [0.25, 0.3) is 0 Å². The molecule has 0 aliphatic heterocycles. The molecule has 0 amide bonds. The molecule has 1 atom stereocenters. The smallest absolute Gasteiger partial charge is 0.223 e. The molecule has 0 radical (unpaired) electrons. The Morgan fingerprint density at radius 1 is 1.32 bits per heavy atom. The van der Waals surface area contributed by atoms with Gasteiger partial charge in [-0.25, -0.2) is 4.98 Å². The highest BCUT2D eigenvalue weighted by Gasteiger charge is 2.08. The van der Waals surface area contributed by atoms with Crippen LogP contribution in [0, 0.1) is 0 Å². The Balaban J connectivity index is 1.98. The summed E-state index contributed by atoms with van der Waals surface area (Å²) >= 11 is 7.65. The quantitative estimate of drug-likeness (QED) is 0.456. The van der Waals surface area contributed by atoms with Gasteiger partial charge < -0.3 is 15.8 Å². The molecule has 0 fully saturated rings. The van der Waals surface area contributed by atoms with E-state index in [0.29, 0.717) is 11.0 Å². The van der Waals surface area contributed by atoms with Crippen LogP contribution in [0.3, 0.4) is 0 Å². The predicted octanol–water partition coefficient (Wildman–Crippen LogP) is 3.62. The lowest BCUT2D eigenvalue weighted by atomic mass is 10.1. The van der Waals surface area contributed by atoms with Crippen molar-refractivity contribution in [3.05, 3.63) is 41.0 Å². The number of nitrogens with zero attached hydrogens (tertiary/aromatic N) is 2. The monoisotopic (exact) mass is 338 g/mol. The van der Waals surface area contributed by atoms with Crippen molar-refractivity contribution in [1.82, 2.24) is 9.97 Å². The summed E-state index contributed by atoms with van der Waals surface area (Å²) < 4.78 is 5.05. The highest BCUT2D eigenvalue weighted by molar-refractivity contribution is 7.99. The highest BCUT2D eigenvalue weighted by Crippen LogP contribution is 2.23. The van der Waals surface area contributed by atoms with Gasteiger partial charge in [-0.3, -0.25) is 0 Å². The Bertz CT molecular complexity index is 589. The van der Waals surface area contributed by atoms with E-state index in [0.717, 1.165) is 17.9 Å². The number of methoxy groups -OCH3 is 1. The Labute approximate surface area is 139 Å². The summed E-state index contributed by atoms with van der Waals surface area (Å²) in [5, 5.41) is 3.60. The van der Waals surface area contributed by atoms with E-state index in [1.54, 1.807) is 24.9 Å². The molecule has 22 heavy (non-hydrogen) atoms. The number of nitrogen functional groups attached to an aromatic ring is 1. The zero-order valence-electron chi connectivity index (χ0n) is 12.5. The molecule has 118 valence electrons. The summed E-state index contributed by atoms with van der Waals surface area (Å²) in [6, 6.07) is 10.1. The van der Waals surface area contributed by atoms with E-state index in [1.807, 2.05) is 0 Å². The average molecular weight is 339 g/mol. The fourth-order valence-electron chi connectivity index (χ4n) is 1.91. The van der Waals surface area contributed by atoms with Crippen molar-refractivity contribution in [2.75, 3.05) is 30.5 Å².